The van der Waals surface area contributed by atoms with Crippen LogP contribution < -0.4 is 5.32 Å². The third kappa shape index (κ3) is 11.5. The Morgan fingerprint density at radius 3 is 2.19 bits per heavy atom. The highest BCUT2D eigenvalue weighted by molar-refractivity contribution is 14.1. The molecule has 9 nitrogen and oxygen atoms in total. The number of rotatable bonds is 14. The number of hydrogen-bond donors (Lipinski definition) is 3. The molecule has 0 heterocycles. The molecule has 0 aliphatic heterocycles. The van der Waals surface area contributed by atoms with Gasteiger partial charge in [-0.2, -0.15) is 0 Å². The van der Waals surface area contributed by atoms with Crippen molar-refractivity contribution in [1.29, 1.82) is 0 Å². The number of benzene rings is 1. The van der Waals surface area contributed by atoms with Crippen LogP contribution >= 0.6 is 22.6 Å². The fourth-order valence-corrected chi connectivity index (χ4v) is 3.10. The van der Waals surface area contributed by atoms with Crippen LogP contribution in [-0.4, -0.2) is 52.0 Å². The predicted molar refractivity (Wildman–Crippen MR) is 119 cm³/mol. The molecule has 2 atom stereocenters. The Balaban J connectivity index is 2.44. The Kier molecular flexibility index (Phi) is 11.8. The van der Waals surface area contributed by atoms with Crippen molar-refractivity contribution in [2.45, 2.75) is 64.0 Å². The van der Waals surface area contributed by atoms with Crippen LogP contribution in [0.2, 0.25) is 0 Å². The van der Waals surface area contributed by atoms with Crippen LogP contribution in [0.5, 0.6) is 0 Å². The summed E-state index contributed by atoms with van der Waals surface area (Å²) in [6.45, 7) is 1.18. The van der Waals surface area contributed by atoms with Crippen molar-refractivity contribution in [3.8, 4) is 0 Å². The van der Waals surface area contributed by atoms with Crippen LogP contribution in [0.1, 0.15) is 51.0 Å². The molecule has 0 saturated heterocycles. The van der Waals surface area contributed by atoms with Gasteiger partial charge >= 0.3 is 18.0 Å². The maximum Gasteiger partial charge on any atom is 0.408 e. The van der Waals surface area contributed by atoms with Gasteiger partial charge in [-0.25, -0.2) is 9.59 Å². The third-order valence-corrected chi connectivity index (χ3v) is 5.19. The molecule has 170 valence electrons. The van der Waals surface area contributed by atoms with Gasteiger partial charge in [0.25, 0.3) is 0 Å². The van der Waals surface area contributed by atoms with Crippen molar-refractivity contribution in [1.82, 2.24) is 5.32 Å². The summed E-state index contributed by atoms with van der Waals surface area (Å²) >= 11 is 2.21. The van der Waals surface area contributed by atoms with Crippen molar-refractivity contribution >= 4 is 52.2 Å². The number of carboxylic acid groups (broad SMARTS) is 2. The second kappa shape index (κ2) is 13.7. The lowest BCUT2D eigenvalue weighted by atomic mass is 10.0. The summed E-state index contributed by atoms with van der Waals surface area (Å²) in [5, 5.41) is 20.1. The van der Waals surface area contributed by atoms with E-state index in [1.54, 1.807) is 0 Å². The van der Waals surface area contributed by atoms with Gasteiger partial charge in [-0.15, -0.1) is 0 Å². The summed E-state index contributed by atoms with van der Waals surface area (Å²) < 4.78 is 5.96. The molecule has 0 aliphatic rings. The zero-order chi connectivity index (χ0) is 23.4. The van der Waals surface area contributed by atoms with Crippen molar-refractivity contribution in [2.24, 2.45) is 0 Å². The number of carbonyl (C=O) groups is 5. The largest absolute Gasteiger partial charge is 0.481 e. The van der Waals surface area contributed by atoms with Gasteiger partial charge in [0.05, 0.1) is 6.04 Å². The molecule has 10 heteroatoms. The number of Topliss-reactive ketones (excluding diaryl/α,β-unsaturated/α-hetero) is 2. The summed E-state index contributed by atoms with van der Waals surface area (Å²) in [4.78, 5) is 57.5. The lowest BCUT2D eigenvalue weighted by Crippen LogP contribution is -2.43. The number of aliphatic carboxylic acids is 2. The fraction of sp³-hybridized carbons (Fsp3) is 0.476. The highest BCUT2D eigenvalue weighted by Gasteiger charge is 2.26. The summed E-state index contributed by atoms with van der Waals surface area (Å²) in [6.07, 6.45) is -1.80. The van der Waals surface area contributed by atoms with Crippen LogP contribution in [-0.2, 0) is 30.3 Å². The van der Waals surface area contributed by atoms with E-state index in [0.717, 1.165) is 15.6 Å². The van der Waals surface area contributed by atoms with Crippen molar-refractivity contribution in [3.05, 3.63) is 33.4 Å². The number of ketones is 2. The van der Waals surface area contributed by atoms with Crippen molar-refractivity contribution in [2.75, 3.05) is 0 Å². The van der Waals surface area contributed by atoms with E-state index in [0.29, 0.717) is 6.42 Å². The molecule has 0 radical (unpaired) electrons. The molecule has 0 fully saturated rings. The van der Waals surface area contributed by atoms with E-state index in [1.165, 1.54) is 6.92 Å². The molecule has 1 amide bonds. The van der Waals surface area contributed by atoms with Gasteiger partial charge in [0.2, 0.25) is 6.10 Å². The second-order valence-corrected chi connectivity index (χ2v) is 8.28. The molecule has 1 aromatic carbocycles. The summed E-state index contributed by atoms with van der Waals surface area (Å²) in [7, 11) is 0. The SMILES string of the molecule is CC(=O)[C@H](CCC(=O)O)NC(=O)O[C@@H](CCC(=O)CCCc1ccc([131I])cc1)C(=O)O. The van der Waals surface area contributed by atoms with Crippen LogP contribution in [0, 0.1) is 3.57 Å². The van der Waals surface area contributed by atoms with E-state index in [2.05, 4.69) is 27.9 Å². The van der Waals surface area contributed by atoms with E-state index in [4.69, 9.17) is 9.84 Å². The molecule has 0 saturated carbocycles. The minimum absolute atomic E-state index is 0.0634. The molecular weight excluding hydrogens is 525 g/mol. The number of aryl methyl sites for hydroxylation is 1. The maximum absolute atomic E-state index is 12.1. The molecular formula is C21H26INO8. The topological polar surface area (TPSA) is 147 Å². The zero-order valence-electron chi connectivity index (χ0n) is 17.1. The number of ether oxygens (including phenoxy) is 1. The van der Waals surface area contributed by atoms with Crippen LogP contribution in [0.3, 0.4) is 0 Å². The first-order valence-corrected chi connectivity index (χ1v) is 10.8. The number of carboxylic acids is 2. The average Bonchev–Trinajstić information content (AvgIpc) is 2.69. The molecule has 0 bridgehead atoms. The predicted octanol–water partition coefficient (Wildman–Crippen LogP) is 2.97. The zero-order valence-corrected chi connectivity index (χ0v) is 19.3. The van der Waals surface area contributed by atoms with E-state index in [1.807, 2.05) is 24.3 Å². The van der Waals surface area contributed by atoms with Gasteiger partial charge < -0.3 is 20.3 Å². The van der Waals surface area contributed by atoms with Gasteiger partial charge in [-0.3, -0.25) is 14.4 Å². The molecule has 31 heavy (non-hydrogen) atoms. The van der Waals surface area contributed by atoms with E-state index < -0.39 is 36.0 Å². The highest BCUT2D eigenvalue weighted by atomic mass is 131. The van der Waals surface area contributed by atoms with E-state index in [-0.39, 0.29) is 37.9 Å². The van der Waals surface area contributed by atoms with Crippen LogP contribution in [0.25, 0.3) is 0 Å². The van der Waals surface area contributed by atoms with Crippen molar-refractivity contribution < 1.29 is 38.9 Å². The van der Waals surface area contributed by atoms with E-state index in [9.17, 15) is 29.1 Å². The van der Waals surface area contributed by atoms with Crippen LogP contribution in [0.15, 0.2) is 24.3 Å². The molecule has 0 aliphatic carbocycles. The third-order valence-electron chi connectivity index (χ3n) is 4.47. The normalized spacial score (nSPS) is 12.5. The lowest BCUT2D eigenvalue weighted by molar-refractivity contribution is -0.147. The maximum atomic E-state index is 12.1. The average molecular weight is 551 g/mol. The Morgan fingerprint density at radius 2 is 1.65 bits per heavy atom. The van der Waals surface area contributed by atoms with Gasteiger partial charge in [0.1, 0.15) is 5.78 Å². The number of nitrogens with one attached hydrogen (secondary N) is 1. The summed E-state index contributed by atoms with van der Waals surface area (Å²) in [6, 6.07) is 6.85. The monoisotopic (exact) mass is 551 g/mol. The quantitative estimate of drug-likeness (QED) is 0.299. The number of carbonyl (C=O) groups excluding carboxylic acids is 3. The second-order valence-electron chi connectivity index (χ2n) is 7.03. The number of halogens is 1. The number of hydrogen-bond acceptors (Lipinski definition) is 6. The first-order chi connectivity index (χ1) is 14.6. The van der Waals surface area contributed by atoms with Crippen molar-refractivity contribution in [3.63, 3.8) is 0 Å². The standard InChI is InChI=1S/C21H26INO8/c1-13(24)17(10-12-19(26)27)23-21(30)31-18(20(28)29)11-9-16(25)4-2-3-14-5-7-15(22)8-6-14/h5-8,17-18H,2-4,9-12H2,1H3,(H,23,30)(H,26,27)(H,28,29)/t17-,18-/m0/s1/i22+4. The minimum atomic E-state index is -1.55. The highest BCUT2D eigenvalue weighted by Crippen LogP contribution is 2.12. The summed E-state index contributed by atoms with van der Waals surface area (Å²) in [5.41, 5.74) is 1.11. The van der Waals surface area contributed by atoms with Gasteiger partial charge in [0.15, 0.2) is 5.78 Å². The molecule has 0 spiro atoms. The Labute approximate surface area is 193 Å². The minimum Gasteiger partial charge on any atom is -0.481 e. The van der Waals surface area contributed by atoms with Crippen LogP contribution in [0.4, 0.5) is 4.79 Å². The molecule has 0 aromatic heterocycles. The number of amides is 1. The smallest absolute Gasteiger partial charge is 0.408 e. The molecule has 1 rings (SSSR count). The Morgan fingerprint density at radius 1 is 1.00 bits per heavy atom. The molecule has 0 unspecified atom stereocenters. The Bertz CT molecular complexity index is 793. The Hall–Kier alpha value is -2.50. The first kappa shape index (κ1) is 26.5. The first-order valence-electron chi connectivity index (χ1n) is 9.76. The van der Waals surface area contributed by atoms with Gasteiger partial charge in [0, 0.05) is 29.3 Å². The lowest BCUT2D eigenvalue weighted by Gasteiger charge is -2.18. The van der Waals surface area contributed by atoms with Gasteiger partial charge in [-0.1, -0.05) is 12.1 Å². The fourth-order valence-electron chi connectivity index (χ4n) is 2.74. The number of alkyl carbamates (subject to hydrolysis) is 1. The van der Waals surface area contributed by atoms with E-state index >= 15 is 0 Å². The molecule has 3 N–H and O–H groups in total. The van der Waals surface area contributed by atoms with Gasteiger partial charge in [-0.05, 0) is 66.5 Å². The summed E-state index contributed by atoms with van der Waals surface area (Å²) in [5.74, 6) is -3.16. The molecule has 1 aromatic rings.